The monoisotopic (exact) mass is 251 g/mol. The maximum atomic E-state index is 12.6. The molecular formula is C15H25NO2. The molecule has 4 atom stereocenters. The van der Waals surface area contributed by atoms with Gasteiger partial charge in [0.25, 0.3) is 0 Å². The number of Topliss-reactive ketones (excluding diaryl/α,β-unsaturated/α-hetero) is 1. The van der Waals surface area contributed by atoms with Crippen LogP contribution in [0.5, 0.6) is 0 Å². The molecular weight excluding hydrogens is 226 g/mol. The number of hydrogen-bond acceptors (Lipinski definition) is 3. The van der Waals surface area contributed by atoms with E-state index in [0.717, 1.165) is 51.6 Å². The van der Waals surface area contributed by atoms with Gasteiger partial charge in [-0.1, -0.05) is 12.8 Å². The van der Waals surface area contributed by atoms with Gasteiger partial charge in [0, 0.05) is 30.8 Å². The highest BCUT2D eigenvalue weighted by atomic mass is 16.3. The summed E-state index contributed by atoms with van der Waals surface area (Å²) < 4.78 is 0. The minimum atomic E-state index is -0.237. The number of hydrogen-bond donors (Lipinski definition) is 1. The van der Waals surface area contributed by atoms with Gasteiger partial charge in [-0.15, -0.1) is 0 Å². The lowest BCUT2D eigenvalue weighted by Gasteiger charge is -2.55. The molecule has 1 N–H and O–H groups in total. The molecule has 3 aliphatic rings. The molecule has 0 aromatic heterocycles. The van der Waals surface area contributed by atoms with Crippen molar-refractivity contribution in [1.29, 1.82) is 0 Å². The molecule has 3 rings (SSSR count). The summed E-state index contributed by atoms with van der Waals surface area (Å²) in [5.74, 6) is 1.22. The van der Waals surface area contributed by atoms with Crippen molar-refractivity contribution < 1.29 is 9.90 Å². The molecule has 1 saturated heterocycles. The molecule has 0 unspecified atom stereocenters. The summed E-state index contributed by atoms with van der Waals surface area (Å²) in [5.41, 5.74) is -0.213. The second kappa shape index (κ2) is 4.61. The number of likely N-dealkylation sites (tertiary alicyclic amines) is 1. The molecule has 102 valence electrons. The fraction of sp³-hybridized carbons (Fsp3) is 0.933. The minimum Gasteiger partial charge on any atom is -0.393 e. The van der Waals surface area contributed by atoms with Gasteiger partial charge in [-0.2, -0.15) is 0 Å². The first-order chi connectivity index (χ1) is 8.63. The van der Waals surface area contributed by atoms with Crippen LogP contribution in [0.1, 0.15) is 44.9 Å². The van der Waals surface area contributed by atoms with Crippen molar-refractivity contribution in [2.24, 2.45) is 17.3 Å². The smallest absolute Gasteiger partial charge is 0.140 e. The average Bonchev–Trinajstić information content (AvgIpc) is 2.32. The number of carbonyl (C=O) groups is 1. The Morgan fingerprint density at radius 2 is 2.11 bits per heavy atom. The molecule has 3 fully saturated rings. The highest BCUT2D eigenvalue weighted by molar-refractivity contribution is 5.86. The number of fused-ring (bicyclic) bond motifs is 2. The zero-order valence-electron chi connectivity index (χ0n) is 11.4. The molecule has 1 aliphatic heterocycles. The molecule has 0 amide bonds. The van der Waals surface area contributed by atoms with E-state index >= 15 is 0 Å². The third kappa shape index (κ3) is 1.83. The normalized spacial score (nSPS) is 46.1. The van der Waals surface area contributed by atoms with Gasteiger partial charge in [-0.25, -0.2) is 0 Å². The van der Waals surface area contributed by atoms with Crippen LogP contribution in [0.25, 0.3) is 0 Å². The molecule has 3 nitrogen and oxygen atoms in total. The second-order valence-corrected chi connectivity index (χ2v) is 6.77. The number of rotatable bonds is 0. The fourth-order valence-corrected chi connectivity index (χ4v) is 4.97. The van der Waals surface area contributed by atoms with Gasteiger partial charge in [-0.3, -0.25) is 4.79 Å². The van der Waals surface area contributed by atoms with Crippen LogP contribution in [-0.4, -0.2) is 42.0 Å². The van der Waals surface area contributed by atoms with Crippen molar-refractivity contribution in [2.45, 2.75) is 51.0 Å². The van der Waals surface area contributed by atoms with Gasteiger partial charge in [-0.05, 0) is 38.6 Å². The number of aliphatic hydroxyl groups is 1. The highest BCUT2D eigenvalue weighted by Gasteiger charge is 2.55. The van der Waals surface area contributed by atoms with E-state index in [1.165, 1.54) is 6.42 Å². The summed E-state index contributed by atoms with van der Waals surface area (Å²) in [4.78, 5) is 14.9. The SMILES string of the molecule is CN1C[C@@H]2CCC[C@H](O)[C@@H]2[C@]2(CCCCC2=O)C1. The van der Waals surface area contributed by atoms with Crippen molar-refractivity contribution in [3.63, 3.8) is 0 Å². The Morgan fingerprint density at radius 3 is 2.89 bits per heavy atom. The van der Waals surface area contributed by atoms with E-state index < -0.39 is 0 Å². The van der Waals surface area contributed by atoms with Gasteiger partial charge in [0.15, 0.2) is 0 Å². The van der Waals surface area contributed by atoms with E-state index in [9.17, 15) is 9.90 Å². The van der Waals surface area contributed by atoms with Gasteiger partial charge >= 0.3 is 0 Å². The molecule has 2 aliphatic carbocycles. The topological polar surface area (TPSA) is 40.5 Å². The molecule has 1 heterocycles. The predicted molar refractivity (Wildman–Crippen MR) is 70.2 cm³/mol. The van der Waals surface area contributed by atoms with Crippen LogP contribution >= 0.6 is 0 Å². The van der Waals surface area contributed by atoms with Crippen LogP contribution in [0.15, 0.2) is 0 Å². The van der Waals surface area contributed by atoms with Crippen LogP contribution in [0.2, 0.25) is 0 Å². The fourth-order valence-electron chi connectivity index (χ4n) is 4.97. The summed E-state index contributed by atoms with van der Waals surface area (Å²) >= 11 is 0. The predicted octanol–water partition coefficient (Wildman–Crippen LogP) is 1.84. The summed E-state index contributed by atoms with van der Waals surface area (Å²) in [6, 6.07) is 0. The number of nitrogens with zero attached hydrogens (tertiary/aromatic N) is 1. The first-order valence-corrected chi connectivity index (χ1v) is 7.53. The van der Waals surface area contributed by atoms with Crippen molar-refractivity contribution in [2.75, 3.05) is 20.1 Å². The first kappa shape index (κ1) is 12.6. The molecule has 3 heteroatoms. The van der Waals surface area contributed by atoms with Crippen molar-refractivity contribution in [3.8, 4) is 0 Å². The van der Waals surface area contributed by atoms with Gasteiger partial charge in [0.2, 0.25) is 0 Å². The van der Waals surface area contributed by atoms with E-state index in [2.05, 4.69) is 11.9 Å². The Kier molecular flexibility index (Phi) is 3.23. The highest BCUT2D eigenvalue weighted by Crippen LogP contribution is 2.51. The Labute approximate surface area is 110 Å². The van der Waals surface area contributed by atoms with Gasteiger partial charge in [0.05, 0.1) is 6.10 Å². The third-order valence-corrected chi connectivity index (χ3v) is 5.57. The largest absolute Gasteiger partial charge is 0.393 e. The van der Waals surface area contributed by atoms with Crippen molar-refractivity contribution in [3.05, 3.63) is 0 Å². The molecule has 0 radical (unpaired) electrons. The average molecular weight is 251 g/mol. The number of aliphatic hydroxyl groups excluding tert-OH is 1. The van der Waals surface area contributed by atoms with Crippen molar-refractivity contribution in [1.82, 2.24) is 4.90 Å². The number of piperidine rings is 1. The molecule has 0 aromatic carbocycles. The maximum Gasteiger partial charge on any atom is 0.140 e. The summed E-state index contributed by atoms with van der Waals surface area (Å²) in [7, 11) is 2.14. The first-order valence-electron chi connectivity index (χ1n) is 7.53. The number of carbonyl (C=O) groups excluding carboxylic acids is 1. The van der Waals surface area contributed by atoms with Gasteiger partial charge < -0.3 is 10.0 Å². The summed E-state index contributed by atoms with van der Waals surface area (Å²) in [6.07, 6.45) is 6.95. The minimum absolute atomic E-state index is 0.213. The Morgan fingerprint density at radius 1 is 1.28 bits per heavy atom. The van der Waals surface area contributed by atoms with Crippen molar-refractivity contribution >= 4 is 5.78 Å². The molecule has 2 saturated carbocycles. The van der Waals surface area contributed by atoms with E-state index in [1.807, 2.05) is 0 Å². The Hall–Kier alpha value is -0.410. The van der Waals surface area contributed by atoms with Crippen LogP contribution in [-0.2, 0) is 4.79 Å². The van der Waals surface area contributed by atoms with Crippen LogP contribution < -0.4 is 0 Å². The number of ketones is 1. The van der Waals surface area contributed by atoms with E-state index in [-0.39, 0.29) is 17.4 Å². The van der Waals surface area contributed by atoms with E-state index in [4.69, 9.17) is 0 Å². The standard InChI is InChI=1S/C15H25NO2/c1-16-9-11-5-4-6-12(17)14(11)15(10-16)8-3-2-7-13(15)18/h11-12,14,17H,2-10H2,1H3/t11-,12-,14+,15+/m0/s1. The molecule has 1 spiro atoms. The van der Waals surface area contributed by atoms with E-state index in [1.54, 1.807) is 0 Å². The lowest BCUT2D eigenvalue weighted by atomic mass is 9.55. The lowest BCUT2D eigenvalue weighted by Crippen LogP contribution is -2.61. The zero-order chi connectivity index (χ0) is 12.8. The summed E-state index contributed by atoms with van der Waals surface area (Å²) in [6.45, 7) is 1.95. The Balaban J connectivity index is 1.95. The van der Waals surface area contributed by atoms with E-state index in [0.29, 0.717) is 11.7 Å². The summed E-state index contributed by atoms with van der Waals surface area (Å²) in [5, 5.41) is 10.5. The van der Waals surface area contributed by atoms with Crippen LogP contribution in [0.4, 0.5) is 0 Å². The second-order valence-electron chi connectivity index (χ2n) is 6.77. The van der Waals surface area contributed by atoms with Crippen LogP contribution in [0, 0.1) is 17.3 Å². The van der Waals surface area contributed by atoms with Gasteiger partial charge in [0.1, 0.15) is 5.78 Å². The quantitative estimate of drug-likeness (QED) is 0.714. The Bertz CT molecular complexity index is 343. The lowest BCUT2D eigenvalue weighted by molar-refractivity contribution is -0.156. The molecule has 0 bridgehead atoms. The van der Waals surface area contributed by atoms with Crippen LogP contribution in [0.3, 0.4) is 0 Å². The molecule has 18 heavy (non-hydrogen) atoms. The maximum absolute atomic E-state index is 12.6. The zero-order valence-corrected chi connectivity index (χ0v) is 11.4. The third-order valence-electron chi connectivity index (χ3n) is 5.57. The molecule has 0 aromatic rings.